The van der Waals surface area contributed by atoms with E-state index in [1.807, 2.05) is 54.6 Å². The smallest absolute Gasteiger partial charge is 0.410 e. The molecule has 32 heavy (non-hydrogen) atoms. The van der Waals surface area contributed by atoms with Gasteiger partial charge in [-0.05, 0) is 53.8 Å². The van der Waals surface area contributed by atoms with Gasteiger partial charge in [-0.25, -0.2) is 9.78 Å². The molecule has 5 rings (SSSR count). The molecular weight excluding hydrogens is 402 g/mol. The first-order chi connectivity index (χ1) is 15.7. The van der Waals surface area contributed by atoms with Crippen LogP contribution < -0.4 is 4.74 Å². The predicted molar refractivity (Wildman–Crippen MR) is 123 cm³/mol. The summed E-state index contributed by atoms with van der Waals surface area (Å²) in [6.45, 7) is 0.942. The summed E-state index contributed by atoms with van der Waals surface area (Å²) in [4.78, 5) is 22.8. The second-order valence-corrected chi connectivity index (χ2v) is 7.98. The summed E-state index contributed by atoms with van der Waals surface area (Å²) in [5, 5.41) is 0. The zero-order valence-corrected chi connectivity index (χ0v) is 18.0. The standard InChI is InChI=1S/C26H25N3O3/c1-31-21-10-5-9-19(15-21)20-12-13-22-23(16-20)28-25(27-22)24-11-6-14-29(24)26(30)32-17-18-7-3-2-4-8-18/h2-5,7-10,12-13,15-16,24H,6,11,14,17H2,1H3,(H,27,28)/t24-/m0/s1. The molecule has 4 aromatic rings. The van der Waals surface area contributed by atoms with Gasteiger partial charge in [0.15, 0.2) is 0 Å². The van der Waals surface area contributed by atoms with Crippen LogP contribution in [0.25, 0.3) is 22.2 Å². The van der Waals surface area contributed by atoms with Gasteiger partial charge in [0.1, 0.15) is 18.2 Å². The molecule has 0 saturated carbocycles. The van der Waals surface area contributed by atoms with Crippen molar-refractivity contribution in [1.29, 1.82) is 0 Å². The maximum absolute atomic E-state index is 12.8. The van der Waals surface area contributed by atoms with E-state index in [4.69, 9.17) is 14.5 Å². The Labute approximate surface area is 186 Å². The Balaban J connectivity index is 1.35. The van der Waals surface area contributed by atoms with Crippen LogP contribution in [0.15, 0.2) is 72.8 Å². The van der Waals surface area contributed by atoms with Crippen molar-refractivity contribution in [2.45, 2.75) is 25.5 Å². The lowest BCUT2D eigenvalue weighted by Crippen LogP contribution is -2.31. The number of hydrogen-bond donors (Lipinski definition) is 1. The van der Waals surface area contributed by atoms with Crippen LogP contribution in [0.2, 0.25) is 0 Å². The highest BCUT2D eigenvalue weighted by molar-refractivity contribution is 5.82. The lowest BCUT2D eigenvalue weighted by atomic mass is 10.1. The maximum atomic E-state index is 12.8. The number of fused-ring (bicyclic) bond motifs is 1. The number of nitrogens with zero attached hydrogens (tertiary/aromatic N) is 2. The second-order valence-electron chi connectivity index (χ2n) is 7.98. The number of rotatable bonds is 5. The number of likely N-dealkylation sites (tertiary alicyclic amines) is 1. The summed E-state index contributed by atoms with van der Waals surface area (Å²) in [7, 11) is 1.67. The molecule has 1 saturated heterocycles. The first-order valence-corrected chi connectivity index (χ1v) is 10.8. The first-order valence-electron chi connectivity index (χ1n) is 10.8. The predicted octanol–water partition coefficient (Wildman–Crippen LogP) is 5.71. The van der Waals surface area contributed by atoms with Gasteiger partial charge in [0.2, 0.25) is 0 Å². The summed E-state index contributed by atoms with van der Waals surface area (Å²) in [6, 6.07) is 23.8. The Morgan fingerprint density at radius 2 is 1.91 bits per heavy atom. The molecule has 1 aliphatic heterocycles. The molecular formula is C26H25N3O3. The fraction of sp³-hybridized carbons (Fsp3) is 0.231. The lowest BCUT2D eigenvalue weighted by Gasteiger charge is -2.22. The van der Waals surface area contributed by atoms with E-state index in [2.05, 4.69) is 23.2 Å². The van der Waals surface area contributed by atoms with Crippen molar-refractivity contribution in [3.63, 3.8) is 0 Å². The third kappa shape index (κ3) is 4.04. The Bertz CT molecular complexity index is 1240. The van der Waals surface area contributed by atoms with Crippen molar-refractivity contribution >= 4 is 17.1 Å². The molecule has 0 radical (unpaired) electrons. The van der Waals surface area contributed by atoms with Crippen molar-refractivity contribution in [3.05, 3.63) is 84.2 Å². The Morgan fingerprint density at radius 3 is 2.75 bits per heavy atom. The molecule has 6 heteroatoms. The minimum absolute atomic E-state index is 0.106. The van der Waals surface area contributed by atoms with Gasteiger partial charge in [0.05, 0.1) is 24.2 Å². The zero-order chi connectivity index (χ0) is 21.9. The van der Waals surface area contributed by atoms with Gasteiger partial charge in [0.25, 0.3) is 0 Å². The van der Waals surface area contributed by atoms with Gasteiger partial charge >= 0.3 is 6.09 Å². The maximum Gasteiger partial charge on any atom is 0.410 e. The number of ether oxygens (including phenoxy) is 2. The van der Waals surface area contributed by atoms with Crippen molar-refractivity contribution in [2.24, 2.45) is 0 Å². The van der Waals surface area contributed by atoms with Crippen LogP contribution in [0.1, 0.15) is 30.3 Å². The van der Waals surface area contributed by atoms with Gasteiger partial charge < -0.3 is 14.5 Å². The third-order valence-corrected chi connectivity index (χ3v) is 5.91. The van der Waals surface area contributed by atoms with E-state index < -0.39 is 0 Å². The van der Waals surface area contributed by atoms with Crippen LogP contribution in [-0.2, 0) is 11.3 Å². The van der Waals surface area contributed by atoms with Crippen LogP contribution in [0.5, 0.6) is 5.75 Å². The molecule has 6 nitrogen and oxygen atoms in total. The minimum atomic E-state index is -0.297. The van der Waals surface area contributed by atoms with E-state index in [-0.39, 0.29) is 18.7 Å². The number of aromatic amines is 1. The summed E-state index contributed by atoms with van der Waals surface area (Å²) >= 11 is 0. The summed E-state index contributed by atoms with van der Waals surface area (Å²) < 4.78 is 10.9. The van der Waals surface area contributed by atoms with Crippen molar-refractivity contribution in [1.82, 2.24) is 14.9 Å². The minimum Gasteiger partial charge on any atom is -0.497 e. The molecule has 0 bridgehead atoms. The van der Waals surface area contributed by atoms with Gasteiger partial charge in [0, 0.05) is 6.54 Å². The largest absolute Gasteiger partial charge is 0.497 e. The molecule has 2 heterocycles. The number of carbonyl (C=O) groups is 1. The van der Waals surface area contributed by atoms with Crippen LogP contribution in [0.3, 0.4) is 0 Å². The summed E-state index contributed by atoms with van der Waals surface area (Å²) in [5.74, 6) is 1.63. The molecule has 1 atom stereocenters. The summed E-state index contributed by atoms with van der Waals surface area (Å²) in [5.41, 5.74) is 4.97. The van der Waals surface area contributed by atoms with Crippen LogP contribution in [0.4, 0.5) is 4.79 Å². The highest BCUT2D eigenvalue weighted by Crippen LogP contribution is 2.33. The monoisotopic (exact) mass is 427 g/mol. The zero-order valence-electron chi connectivity index (χ0n) is 18.0. The fourth-order valence-electron chi connectivity index (χ4n) is 4.24. The number of nitrogens with one attached hydrogen (secondary N) is 1. The number of H-pyrrole nitrogens is 1. The quantitative estimate of drug-likeness (QED) is 0.443. The number of hydrogen-bond acceptors (Lipinski definition) is 4. The molecule has 1 aromatic heterocycles. The molecule has 1 aliphatic rings. The van der Waals surface area contributed by atoms with E-state index in [0.717, 1.165) is 52.1 Å². The number of aromatic nitrogens is 2. The first kappa shape index (κ1) is 20.1. The van der Waals surface area contributed by atoms with Gasteiger partial charge in [-0.15, -0.1) is 0 Å². The van der Waals surface area contributed by atoms with Gasteiger partial charge in [-0.2, -0.15) is 0 Å². The highest BCUT2D eigenvalue weighted by Gasteiger charge is 2.33. The average molecular weight is 428 g/mol. The van der Waals surface area contributed by atoms with Crippen LogP contribution >= 0.6 is 0 Å². The number of benzene rings is 3. The Kier molecular flexibility index (Phi) is 5.50. The van der Waals surface area contributed by atoms with E-state index in [9.17, 15) is 4.79 Å². The number of methoxy groups -OCH3 is 1. The number of amides is 1. The Hall–Kier alpha value is -3.80. The normalized spacial score (nSPS) is 15.8. The van der Waals surface area contributed by atoms with Gasteiger partial charge in [-0.3, -0.25) is 4.90 Å². The van der Waals surface area contributed by atoms with Crippen molar-refractivity contribution < 1.29 is 14.3 Å². The SMILES string of the molecule is COc1cccc(-c2ccc3nc([C@@H]4CCCN4C(=O)OCc4ccccc4)[nH]c3c2)c1. The average Bonchev–Trinajstić information content (AvgIpc) is 3.50. The second kappa shape index (κ2) is 8.75. The highest BCUT2D eigenvalue weighted by atomic mass is 16.6. The van der Waals surface area contributed by atoms with E-state index in [1.54, 1.807) is 12.0 Å². The molecule has 162 valence electrons. The van der Waals surface area contributed by atoms with E-state index in [0.29, 0.717) is 6.54 Å². The number of imidazole rings is 1. The fourth-order valence-corrected chi connectivity index (χ4v) is 4.24. The molecule has 0 aliphatic carbocycles. The molecule has 1 amide bonds. The summed E-state index contributed by atoms with van der Waals surface area (Å²) in [6.07, 6.45) is 1.49. The topological polar surface area (TPSA) is 67.4 Å². The van der Waals surface area contributed by atoms with Gasteiger partial charge in [-0.1, -0.05) is 48.5 Å². The molecule has 0 spiro atoms. The van der Waals surface area contributed by atoms with E-state index in [1.165, 1.54) is 0 Å². The van der Waals surface area contributed by atoms with Crippen molar-refractivity contribution in [3.8, 4) is 16.9 Å². The molecule has 0 unspecified atom stereocenters. The Morgan fingerprint density at radius 1 is 1.06 bits per heavy atom. The third-order valence-electron chi connectivity index (χ3n) is 5.91. The number of carbonyl (C=O) groups excluding carboxylic acids is 1. The van der Waals surface area contributed by atoms with E-state index >= 15 is 0 Å². The van der Waals surface area contributed by atoms with Crippen molar-refractivity contribution in [2.75, 3.05) is 13.7 Å². The van der Waals surface area contributed by atoms with Crippen LogP contribution in [0, 0.1) is 0 Å². The molecule has 1 fully saturated rings. The molecule has 1 N–H and O–H groups in total. The lowest BCUT2D eigenvalue weighted by molar-refractivity contribution is 0.0910. The van der Waals surface area contributed by atoms with Crippen LogP contribution in [-0.4, -0.2) is 34.6 Å². The molecule has 3 aromatic carbocycles.